The number of nitrogens with one attached hydrogen (secondary N) is 1. The lowest BCUT2D eigenvalue weighted by Gasteiger charge is -2.36. The van der Waals surface area contributed by atoms with Crippen molar-refractivity contribution in [3.05, 3.63) is 35.4 Å². The van der Waals surface area contributed by atoms with Crippen molar-refractivity contribution < 1.29 is 0 Å². The highest BCUT2D eigenvalue weighted by atomic mass is 14.9. The van der Waals surface area contributed by atoms with Gasteiger partial charge in [-0.2, -0.15) is 0 Å². The molecule has 0 aliphatic heterocycles. The van der Waals surface area contributed by atoms with Gasteiger partial charge >= 0.3 is 0 Å². The Bertz CT molecular complexity index is 410. The van der Waals surface area contributed by atoms with Crippen LogP contribution in [0, 0.1) is 24.7 Å². The number of benzene rings is 1. The van der Waals surface area contributed by atoms with E-state index in [0.717, 1.165) is 17.8 Å². The molecule has 0 heterocycles. The molecule has 0 bridgehead atoms. The van der Waals surface area contributed by atoms with Crippen LogP contribution < -0.4 is 5.32 Å². The lowest BCUT2D eigenvalue weighted by Crippen LogP contribution is -2.36. The Labute approximate surface area is 125 Å². The normalized spacial score (nSPS) is 26.9. The van der Waals surface area contributed by atoms with E-state index in [1.165, 1.54) is 37.8 Å². The molecule has 0 aromatic heterocycles. The third kappa shape index (κ3) is 4.34. The molecule has 1 aliphatic rings. The summed E-state index contributed by atoms with van der Waals surface area (Å²) in [5.41, 5.74) is 3.02. The van der Waals surface area contributed by atoms with Gasteiger partial charge in [-0.25, -0.2) is 0 Å². The van der Waals surface area contributed by atoms with E-state index in [1.54, 1.807) is 5.56 Å². The SMILES string of the molecule is Cc1ccccc1CC1CC(C)CCC1CNC(C)C. The summed E-state index contributed by atoms with van der Waals surface area (Å²) in [5.74, 6) is 2.61. The summed E-state index contributed by atoms with van der Waals surface area (Å²) in [6.45, 7) is 10.4. The minimum absolute atomic E-state index is 0.605. The van der Waals surface area contributed by atoms with Crippen LogP contribution in [-0.2, 0) is 6.42 Å². The predicted molar refractivity (Wildman–Crippen MR) is 88.0 cm³/mol. The molecular weight excluding hydrogens is 242 g/mol. The molecule has 20 heavy (non-hydrogen) atoms. The first-order chi connectivity index (χ1) is 9.56. The first-order valence-corrected chi connectivity index (χ1v) is 8.34. The lowest BCUT2D eigenvalue weighted by molar-refractivity contribution is 0.181. The molecular formula is C19H31N. The molecule has 0 radical (unpaired) electrons. The fourth-order valence-corrected chi connectivity index (χ4v) is 3.59. The molecule has 0 amide bonds. The van der Waals surface area contributed by atoms with Gasteiger partial charge in [-0.3, -0.25) is 0 Å². The highest BCUT2D eigenvalue weighted by molar-refractivity contribution is 5.26. The van der Waals surface area contributed by atoms with E-state index in [-0.39, 0.29) is 0 Å². The molecule has 3 atom stereocenters. The van der Waals surface area contributed by atoms with Crippen LogP contribution in [0.25, 0.3) is 0 Å². The smallest absolute Gasteiger partial charge is 0.00104 e. The predicted octanol–water partition coefficient (Wildman–Crippen LogP) is 4.59. The van der Waals surface area contributed by atoms with Crippen LogP contribution in [0.15, 0.2) is 24.3 Å². The summed E-state index contributed by atoms with van der Waals surface area (Å²) in [6.07, 6.45) is 5.48. The van der Waals surface area contributed by atoms with Crippen molar-refractivity contribution in [3.63, 3.8) is 0 Å². The van der Waals surface area contributed by atoms with E-state index in [9.17, 15) is 0 Å². The van der Waals surface area contributed by atoms with E-state index < -0.39 is 0 Å². The molecule has 1 N–H and O–H groups in total. The van der Waals surface area contributed by atoms with Crippen LogP contribution in [0.2, 0.25) is 0 Å². The van der Waals surface area contributed by atoms with Gasteiger partial charge < -0.3 is 5.32 Å². The first-order valence-electron chi connectivity index (χ1n) is 8.34. The molecule has 0 spiro atoms. The largest absolute Gasteiger partial charge is 0.314 e. The summed E-state index contributed by atoms with van der Waals surface area (Å²) in [5, 5.41) is 3.66. The van der Waals surface area contributed by atoms with Crippen molar-refractivity contribution in [1.29, 1.82) is 0 Å². The minimum atomic E-state index is 0.605. The minimum Gasteiger partial charge on any atom is -0.314 e. The van der Waals surface area contributed by atoms with Gasteiger partial charge in [0.25, 0.3) is 0 Å². The van der Waals surface area contributed by atoms with E-state index >= 15 is 0 Å². The Morgan fingerprint density at radius 2 is 1.90 bits per heavy atom. The Hall–Kier alpha value is -0.820. The average molecular weight is 273 g/mol. The standard InChI is InChI=1S/C19H31N/c1-14(2)20-13-18-10-9-15(3)11-19(18)12-17-8-6-5-7-16(17)4/h5-8,14-15,18-20H,9-13H2,1-4H3. The average Bonchev–Trinajstić information content (AvgIpc) is 2.40. The van der Waals surface area contributed by atoms with Crippen LogP contribution in [0.1, 0.15) is 51.2 Å². The molecule has 2 rings (SSSR count). The zero-order chi connectivity index (χ0) is 14.5. The van der Waals surface area contributed by atoms with Gasteiger partial charge in [-0.1, -0.05) is 51.5 Å². The summed E-state index contributed by atoms with van der Waals surface area (Å²) < 4.78 is 0. The maximum atomic E-state index is 3.66. The van der Waals surface area contributed by atoms with Gasteiger partial charge in [0, 0.05) is 6.04 Å². The maximum absolute atomic E-state index is 3.66. The third-order valence-electron chi connectivity index (χ3n) is 4.93. The fraction of sp³-hybridized carbons (Fsp3) is 0.684. The highest BCUT2D eigenvalue weighted by Gasteiger charge is 2.28. The van der Waals surface area contributed by atoms with Crippen LogP contribution in [0.5, 0.6) is 0 Å². The van der Waals surface area contributed by atoms with Crippen molar-refractivity contribution in [2.45, 2.75) is 59.4 Å². The second-order valence-electron chi connectivity index (χ2n) is 7.13. The Morgan fingerprint density at radius 1 is 1.15 bits per heavy atom. The van der Waals surface area contributed by atoms with E-state index in [4.69, 9.17) is 0 Å². The Kier molecular flexibility index (Phi) is 5.65. The van der Waals surface area contributed by atoms with Gasteiger partial charge in [0.05, 0.1) is 0 Å². The number of rotatable bonds is 5. The molecule has 1 aliphatic carbocycles. The summed E-state index contributed by atoms with van der Waals surface area (Å²) in [4.78, 5) is 0. The van der Waals surface area contributed by atoms with Gasteiger partial charge in [-0.05, 0) is 61.6 Å². The van der Waals surface area contributed by atoms with Crippen molar-refractivity contribution in [1.82, 2.24) is 5.32 Å². The van der Waals surface area contributed by atoms with Crippen LogP contribution in [0.4, 0.5) is 0 Å². The topological polar surface area (TPSA) is 12.0 Å². The second kappa shape index (κ2) is 7.26. The van der Waals surface area contributed by atoms with E-state index in [1.807, 2.05) is 0 Å². The van der Waals surface area contributed by atoms with Crippen molar-refractivity contribution in [2.75, 3.05) is 6.54 Å². The number of aryl methyl sites for hydroxylation is 1. The van der Waals surface area contributed by atoms with Crippen molar-refractivity contribution in [2.24, 2.45) is 17.8 Å². The quantitative estimate of drug-likeness (QED) is 0.827. The number of hydrogen-bond donors (Lipinski definition) is 1. The van der Waals surface area contributed by atoms with Crippen LogP contribution in [0.3, 0.4) is 0 Å². The summed E-state index contributed by atoms with van der Waals surface area (Å²) in [6, 6.07) is 9.52. The Morgan fingerprint density at radius 3 is 2.60 bits per heavy atom. The lowest BCUT2D eigenvalue weighted by atomic mass is 9.72. The molecule has 112 valence electrons. The van der Waals surface area contributed by atoms with E-state index in [0.29, 0.717) is 6.04 Å². The first kappa shape index (κ1) is 15.6. The van der Waals surface area contributed by atoms with Crippen LogP contribution >= 0.6 is 0 Å². The molecule has 1 fully saturated rings. The van der Waals surface area contributed by atoms with Gasteiger partial charge in [0.2, 0.25) is 0 Å². The number of hydrogen-bond acceptors (Lipinski definition) is 1. The monoisotopic (exact) mass is 273 g/mol. The van der Waals surface area contributed by atoms with Crippen molar-refractivity contribution in [3.8, 4) is 0 Å². The summed E-state index contributed by atoms with van der Waals surface area (Å²) >= 11 is 0. The van der Waals surface area contributed by atoms with Crippen molar-refractivity contribution >= 4 is 0 Å². The zero-order valence-corrected chi connectivity index (χ0v) is 13.7. The fourth-order valence-electron chi connectivity index (χ4n) is 3.59. The van der Waals surface area contributed by atoms with Crippen LogP contribution in [-0.4, -0.2) is 12.6 Å². The third-order valence-corrected chi connectivity index (χ3v) is 4.93. The Balaban J connectivity index is 2.02. The molecule has 1 aromatic carbocycles. The maximum Gasteiger partial charge on any atom is 0.00104 e. The molecule has 3 unspecified atom stereocenters. The zero-order valence-electron chi connectivity index (χ0n) is 13.7. The second-order valence-corrected chi connectivity index (χ2v) is 7.13. The highest BCUT2D eigenvalue weighted by Crippen LogP contribution is 2.36. The van der Waals surface area contributed by atoms with Gasteiger partial charge in [0.15, 0.2) is 0 Å². The van der Waals surface area contributed by atoms with E-state index in [2.05, 4.69) is 57.3 Å². The molecule has 1 aromatic rings. The molecule has 1 nitrogen and oxygen atoms in total. The molecule has 1 saturated carbocycles. The molecule has 0 saturated heterocycles. The molecule has 1 heteroatoms. The summed E-state index contributed by atoms with van der Waals surface area (Å²) in [7, 11) is 0. The van der Waals surface area contributed by atoms with Gasteiger partial charge in [0.1, 0.15) is 0 Å². The van der Waals surface area contributed by atoms with Gasteiger partial charge in [-0.15, -0.1) is 0 Å².